The largest absolute Gasteiger partial charge is 0.347 e. The Kier molecular flexibility index (Phi) is 6.79. The molecule has 5 rings (SSSR count). The van der Waals surface area contributed by atoms with Gasteiger partial charge < -0.3 is 5.32 Å². The first-order valence-electron chi connectivity index (χ1n) is 10.5. The SMILES string of the molecule is O=C(NCc1cccs1)c1ccc(-c2ccc(-c3nc(-c4ccc(Cl)c(Cl)c4)cs3)cc2)cc1. The van der Waals surface area contributed by atoms with Crippen molar-refractivity contribution in [3.63, 3.8) is 0 Å². The van der Waals surface area contributed by atoms with E-state index < -0.39 is 0 Å². The highest BCUT2D eigenvalue weighted by molar-refractivity contribution is 7.13. The number of nitrogens with one attached hydrogen (secondary N) is 1. The summed E-state index contributed by atoms with van der Waals surface area (Å²) < 4.78 is 0. The molecule has 0 aliphatic heterocycles. The molecule has 0 unspecified atom stereocenters. The van der Waals surface area contributed by atoms with Crippen molar-refractivity contribution in [1.29, 1.82) is 0 Å². The maximum atomic E-state index is 12.4. The van der Waals surface area contributed by atoms with Gasteiger partial charge in [-0.15, -0.1) is 22.7 Å². The molecule has 2 heterocycles. The highest BCUT2D eigenvalue weighted by Gasteiger charge is 2.10. The first-order valence-corrected chi connectivity index (χ1v) is 13.0. The molecule has 3 nitrogen and oxygen atoms in total. The molecule has 3 aromatic carbocycles. The van der Waals surface area contributed by atoms with Crippen molar-refractivity contribution in [3.05, 3.63) is 110 Å². The van der Waals surface area contributed by atoms with E-state index in [-0.39, 0.29) is 5.91 Å². The molecule has 1 amide bonds. The van der Waals surface area contributed by atoms with Gasteiger partial charge in [-0.25, -0.2) is 4.98 Å². The number of carbonyl (C=O) groups excluding carboxylic acids is 1. The number of hydrogen-bond donors (Lipinski definition) is 1. The second kappa shape index (κ2) is 10.1. The lowest BCUT2D eigenvalue weighted by Gasteiger charge is -2.06. The summed E-state index contributed by atoms with van der Waals surface area (Å²) in [5.74, 6) is -0.0724. The Morgan fingerprint density at radius 2 is 1.47 bits per heavy atom. The number of nitrogens with zero attached hydrogens (tertiary/aromatic N) is 1. The highest BCUT2D eigenvalue weighted by atomic mass is 35.5. The maximum Gasteiger partial charge on any atom is 0.251 e. The Morgan fingerprint density at radius 3 is 2.15 bits per heavy atom. The molecule has 0 saturated heterocycles. The zero-order chi connectivity index (χ0) is 23.5. The van der Waals surface area contributed by atoms with E-state index in [1.54, 1.807) is 28.7 Å². The number of aromatic nitrogens is 1. The molecule has 0 saturated carbocycles. The van der Waals surface area contributed by atoms with Gasteiger partial charge in [0.05, 0.1) is 22.3 Å². The first-order chi connectivity index (χ1) is 16.6. The van der Waals surface area contributed by atoms with Crippen LogP contribution in [0.25, 0.3) is 33.0 Å². The topological polar surface area (TPSA) is 42.0 Å². The fourth-order valence-electron chi connectivity index (χ4n) is 3.50. The van der Waals surface area contributed by atoms with Crippen molar-refractivity contribution < 1.29 is 4.79 Å². The van der Waals surface area contributed by atoms with Gasteiger partial charge in [-0.3, -0.25) is 4.79 Å². The van der Waals surface area contributed by atoms with E-state index in [1.807, 2.05) is 59.3 Å². The van der Waals surface area contributed by atoms with Crippen LogP contribution >= 0.6 is 45.9 Å². The van der Waals surface area contributed by atoms with E-state index in [9.17, 15) is 4.79 Å². The summed E-state index contributed by atoms with van der Waals surface area (Å²) in [4.78, 5) is 18.3. The van der Waals surface area contributed by atoms with E-state index in [4.69, 9.17) is 28.2 Å². The molecule has 168 valence electrons. The predicted octanol–water partition coefficient (Wildman–Crippen LogP) is 8.44. The quantitative estimate of drug-likeness (QED) is 0.244. The number of benzene rings is 3. The molecule has 0 aliphatic rings. The molecule has 0 atom stereocenters. The van der Waals surface area contributed by atoms with Gasteiger partial charge in [-0.1, -0.05) is 71.7 Å². The molecule has 0 spiro atoms. The average molecular weight is 521 g/mol. The Labute approximate surface area is 215 Å². The average Bonchev–Trinajstić information content (AvgIpc) is 3.57. The molecule has 0 bridgehead atoms. The number of rotatable bonds is 6. The third kappa shape index (κ3) is 5.08. The lowest BCUT2D eigenvalue weighted by molar-refractivity contribution is 0.0951. The molecular formula is C27H18Cl2N2OS2. The molecule has 0 fully saturated rings. The Balaban J connectivity index is 1.27. The van der Waals surface area contributed by atoms with Crippen LogP contribution in [-0.2, 0) is 6.54 Å². The Bertz CT molecular complexity index is 1430. The van der Waals surface area contributed by atoms with Crippen LogP contribution in [0.2, 0.25) is 10.0 Å². The first kappa shape index (κ1) is 22.8. The number of amides is 1. The van der Waals surface area contributed by atoms with E-state index in [0.717, 1.165) is 37.8 Å². The van der Waals surface area contributed by atoms with Gasteiger partial charge in [-0.05, 0) is 46.8 Å². The monoisotopic (exact) mass is 520 g/mol. The van der Waals surface area contributed by atoms with Gasteiger partial charge in [0.15, 0.2) is 0 Å². The van der Waals surface area contributed by atoms with Crippen LogP contribution in [0, 0.1) is 0 Å². The van der Waals surface area contributed by atoms with Crippen LogP contribution in [-0.4, -0.2) is 10.9 Å². The van der Waals surface area contributed by atoms with E-state index in [2.05, 4.69) is 29.6 Å². The maximum absolute atomic E-state index is 12.4. The molecule has 2 aromatic heterocycles. The normalized spacial score (nSPS) is 10.9. The number of thiophene rings is 1. The van der Waals surface area contributed by atoms with E-state index >= 15 is 0 Å². The van der Waals surface area contributed by atoms with Crippen molar-refractivity contribution >= 4 is 51.8 Å². The predicted molar refractivity (Wildman–Crippen MR) is 144 cm³/mol. The lowest BCUT2D eigenvalue weighted by atomic mass is 10.0. The standard InChI is InChI=1S/C27H18Cl2N2OS2/c28-23-12-11-21(14-24(23)29)25-16-34-27(31-25)20-9-5-18(6-10-20)17-3-7-19(8-4-17)26(32)30-15-22-2-1-13-33-22/h1-14,16H,15H2,(H,30,32). The van der Waals surface area contributed by atoms with Gasteiger partial charge in [-0.2, -0.15) is 0 Å². The van der Waals surface area contributed by atoms with Crippen LogP contribution in [0.3, 0.4) is 0 Å². The number of thiazole rings is 1. The molecular weight excluding hydrogens is 503 g/mol. The fourth-order valence-corrected chi connectivity index (χ4v) is 5.27. The van der Waals surface area contributed by atoms with Crippen LogP contribution in [0.5, 0.6) is 0 Å². The summed E-state index contributed by atoms with van der Waals surface area (Å²) >= 11 is 15.4. The van der Waals surface area contributed by atoms with Crippen molar-refractivity contribution in [2.24, 2.45) is 0 Å². The number of hydrogen-bond acceptors (Lipinski definition) is 4. The zero-order valence-electron chi connectivity index (χ0n) is 17.8. The minimum absolute atomic E-state index is 0.0724. The molecule has 1 N–H and O–H groups in total. The highest BCUT2D eigenvalue weighted by Crippen LogP contribution is 2.33. The van der Waals surface area contributed by atoms with E-state index in [1.165, 1.54) is 0 Å². The summed E-state index contributed by atoms with van der Waals surface area (Å²) in [6, 6.07) is 25.5. The number of halogens is 2. The van der Waals surface area contributed by atoms with Crippen molar-refractivity contribution in [3.8, 4) is 33.0 Å². The summed E-state index contributed by atoms with van der Waals surface area (Å²) in [6.45, 7) is 0.545. The minimum atomic E-state index is -0.0724. The van der Waals surface area contributed by atoms with Crippen LogP contribution < -0.4 is 5.32 Å². The zero-order valence-corrected chi connectivity index (χ0v) is 20.9. The number of carbonyl (C=O) groups is 1. The molecule has 7 heteroatoms. The second-order valence-electron chi connectivity index (χ2n) is 7.58. The summed E-state index contributed by atoms with van der Waals surface area (Å²) in [6.07, 6.45) is 0. The minimum Gasteiger partial charge on any atom is -0.347 e. The smallest absolute Gasteiger partial charge is 0.251 e. The van der Waals surface area contributed by atoms with Gasteiger partial charge in [0.1, 0.15) is 5.01 Å². The summed E-state index contributed by atoms with van der Waals surface area (Å²) in [5, 5.41) is 8.97. The third-order valence-electron chi connectivity index (χ3n) is 5.34. The molecule has 0 aliphatic carbocycles. The Morgan fingerprint density at radius 1 is 0.794 bits per heavy atom. The summed E-state index contributed by atoms with van der Waals surface area (Å²) in [7, 11) is 0. The van der Waals surface area contributed by atoms with Crippen molar-refractivity contribution in [2.45, 2.75) is 6.54 Å². The van der Waals surface area contributed by atoms with Gasteiger partial charge in [0.2, 0.25) is 0 Å². The van der Waals surface area contributed by atoms with E-state index in [0.29, 0.717) is 22.2 Å². The van der Waals surface area contributed by atoms with Crippen molar-refractivity contribution in [2.75, 3.05) is 0 Å². The second-order valence-corrected chi connectivity index (χ2v) is 10.3. The summed E-state index contributed by atoms with van der Waals surface area (Å²) in [5.41, 5.74) is 5.63. The van der Waals surface area contributed by atoms with Gasteiger partial charge in [0.25, 0.3) is 5.91 Å². The van der Waals surface area contributed by atoms with Crippen LogP contribution in [0.1, 0.15) is 15.2 Å². The third-order valence-corrected chi connectivity index (χ3v) is 7.84. The Hall–Kier alpha value is -2.96. The van der Waals surface area contributed by atoms with Crippen LogP contribution in [0.4, 0.5) is 0 Å². The van der Waals surface area contributed by atoms with Crippen LogP contribution in [0.15, 0.2) is 89.6 Å². The van der Waals surface area contributed by atoms with Gasteiger partial charge in [0, 0.05) is 26.9 Å². The molecule has 0 radical (unpaired) electrons. The molecule has 5 aromatic rings. The molecule has 34 heavy (non-hydrogen) atoms. The van der Waals surface area contributed by atoms with Gasteiger partial charge >= 0.3 is 0 Å². The fraction of sp³-hybridized carbons (Fsp3) is 0.0370. The van der Waals surface area contributed by atoms with Crippen molar-refractivity contribution in [1.82, 2.24) is 10.3 Å². The lowest BCUT2D eigenvalue weighted by Crippen LogP contribution is -2.22.